The molecule has 0 bridgehead atoms. The summed E-state index contributed by atoms with van der Waals surface area (Å²) in [7, 11) is 0. The van der Waals surface area contributed by atoms with Gasteiger partial charge in [-0.15, -0.1) is 0 Å². The highest BCUT2D eigenvalue weighted by molar-refractivity contribution is 5.87. The lowest BCUT2D eigenvalue weighted by molar-refractivity contribution is -0.142. The Kier molecular flexibility index (Phi) is 3.79. The standard InChI is InChI=1S/C10H12N2O3/c1-2-15-10(14)3-7-4-12-5-9(11)8(7)6-13/h4-6H,2-3,11H2,1H3. The van der Waals surface area contributed by atoms with Crippen LogP contribution in [0.25, 0.3) is 0 Å². The van der Waals surface area contributed by atoms with E-state index in [1.54, 1.807) is 6.92 Å². The van der Waals surface area contributed by atoms with Gasteiger partial charge in [-0.1, -0.05) is 0 Å². The van der Waals surface area contributed by atoms with E-state index in [0.29, 0.717) is 24.0 Å². The zero-order valence-electron chi connectivity index (χ0n) is 8.40. The highest BCUT2D eigenvalue weighted by atomic mass is 16.5. The first-order chi connectivity index (χ1) is 7.19. The van der Waals surface area contributed by atoms with Crippen molar-refractivity contribution in [2.45, 2.75) is 13.3 Å². The maximum atomic E-state index is 11.2. The van der Waals surface area contributed by atoms with Gasteiger partial charge in [0.1, 0.15) is 0 Å². The lowest BCUT2D eigenvalue weighted by atomic mass is 10.1. The second-order valence-electron chi connectivity index (χ2n) is 2.90. The molecule has 0 fully saturated rings. The number of aromatic nitrogens is 1. The monoisotopic (exact) mass is 208 g/mol. The molecule has 0 unspecified atom stereocenters. The van der Waals surface area contributed by atoms with Gasteiger partial charge in [0.2, 0.25) is 0 Å². The number of carbonyl (C=O) groups is 2. The minimum Gasteiger partial charge on any atom is -0.466 e. The van der Waals surface area contributed by atoms with Crippen LogP contribution in [-0.2, 0) is 16.0 Å². The van der Waals surface area contributed by atoms with Crippen molar-refractivity contribution in [3.8, 4) is 0 Å². The smallest absolute Gasteiger partial charge is 0.310 e. The fourth-order valence-electron chi connectivity index (χ4n) is 1.18. The first-order valence-electron chi connectivity index (χ1n) is 4.52. The summed E-state index contributed by atoms with van der Waals surface area (Å²) in [6, 6.07) is 0. The second kappa shape index (κ2) is 5.09. The zero-order valence-corrected chi connectivity index (χ0v) is 8.40. The van der Waals surface area contributed by atoms with Crippen molar-refractivity contribution in [1.29, 1.82) is 0 Å². The van der Waals surface area contributed by atoms with Gasteiger partial charge in [-0.05, 0) is 12.5 Å². The molecule has 80 valence electrons. The molecule has 1 heterocycles. The molecule has 0 atom stereocenters. The molecular weight excluding hydrogens is 196 g/mol. The van der Waals surface area contributed by atoms with Gasteiger partial charge in [-0.25, -0.2) is 0 Å². The number of hydrogen-bond acceptors (Lipinski definition) is 5. The van der Waals surface area contributed by atoms with E-state index in [2.05, 4.69) is 4.98 Å². The third kappa shape index (κ3) is 2.77. The quantitative estimate of drug-likeness (QED) is 0.578. The van der Waals surface area contributed by atoms with Gasteiger partial charge in [-0.3, -0.25) is 14.6 Å². The highest BCUT2D eigenvalue weighted by Crippen LogP contribution is 2.13. The molecule has 5 heteroatoms. The van der Waals surface area contributed by atoms with E-state index in [4.69, 9.17) is 10.5 Å². The number of aldehydes is 1. The molecule has 0 saturated carbocycles. The molecule has 0 aliphatic carbocycles. The number of pyridine rings is 1. The predicted molar refractivity (Wildman–Crippen MR) is 54.4 cm³/mol. The van der Waals surface area contributed by atoms with Crippen LogP contribution in [0.4, 0.5) is 5.69 Å². The molecule has 0 amide bonds. The summed E-state index contributed by atoms with van der Waals surface area (Å²) >= 11 is 0. The lowest BCUT2D eigenvalue weighted by Crippen LogP contribution is -2.10. The van der Waals surface area contributed by atoms with Crippen LogP contribution in [-0.4, -0.2) is 23.8 Å². The van der Waals surface area contributed by atoms with Crippen LogP contribution in [0.5, 0.6) is 0 Å². The fraction of sp³-hybridized carbons (Fsp3) is 0.300. The van der Waals surface area contributed by atoms with E-state index in [1.807, 2.05) is 0 Å². The number of rotatable bonds is 4. The molecule has 1 aromatic heterocycles. The molecule has 1 aromatic rings. The third-order valence-electron chi connectivity index (χ3n) is 1.86. The summed E-state index contributed by atoms with van der Waals surface area (Å²) in [5.41, 5.74) is 6.60. The number of nitrogens with zero attached hydrogens (tertiary/aromatic N) is 1. The Morgan fingerprint density at radius 1 is 1.60 bits per heavy atom. The molecule has 0 spiro atoms. The van der Waals surface area contributed by atoms with E-state index in [-0.39, 0.29) is 12.1 Å². The molecule has 5 nitrogen and oxygen atoms in total. The number of ether oxygens (including phenoxy) is 1. The first kappa shape index (κ1) is 11.2. The third-order valence-corrected chi connectivity index (χ3v) is 1.86. The van der Waals surface area contributed by atoms with Crippen molar-refractivity contribution in [3.63, 3.8) is 0 Å². The largest absolute Gasteiger partial charge is 0.466 e. The minimum atomic E-state index is -0.395. The van der Waals surface area contributed by atoms with Gasteiger partial charge in [0.25, 0.3) is 0 Å². The molecule has 0 aliphatic rings. The maximum Gasteiger partial charge on any atom is 0.310 e. The van der Waals surface area contributed by atoms with Crippen molar-refractivity contribution in [2.75, 3.05) is 12.3 Å². The summed E-state index contributed by atoms with van der Waals surface area (Å²) in [6.45, 7) is 2.03. The summed E-state index contributed by atoms with van der Waals surface area (Å²) in [6.07, 6.45) is 3.45. The first-order valence-corrected chi connectivity index (χ1v) is 4.52. The summed E-state index contributed by atoms with van der Waals surface area (Å²) in [4.78, 5) is 25.7. The Morgan fingerprint density at radius 2 is 2.33 bits per heavy atom. The van der Waals surface area contributed by atoms with Crippen LogP contribution in [0.1, 0.15) is 22.8 Å². The van der Waals surface area contributed by atoms with Crippen molar-refractivity contribution in [2.24, 2.45) is 0 Å². The number of carbonyl (C=O) groups excluding carboxylic acids is 2. The van der Waals surface area contributed by atoms with Crippen LogP contribution in [0.2, 0.25) is 0 Å². The average molecular weight is 208 g/mol. The van der Waals surface area contributed by atoms with Crippen molar-refractivity contribution < 1.29 is 14.3 Å². The number of hydrogen-bond donors (Lipinski definition) is 1. The fourth-order valence-corrected chi connectivity index (χ4v) is 1.18. The topological polar surface area (TPSA) is 82.3 Å². The Labute approximate surface area is 87.3 Å². The summed E-state index contributed by atoms with van der Waals surface area (Å²) in [5.74, 6) is -0.395. The Balaban J connectivity index is 2.89. The van der Waals surface area contributed by atoms with Crippen LogP contribution in [0.3, 0.4) is 0 Å². The maximum absolute atomic E-state index is 11.2. The zero-order chi connectivity index (χ0) is 11.3. The number of nitrogens with two attached hydrogens (primary N) is 1. The normalized spacial score (nSPS) is 9.67. The molecule has 0 saturated heterocycles. The molecule has 15 heavy (non-hydrogen) atoms. The highest BCUT2D eigenvalue weighted by Gasteiger charge is 2.10. The molecule has 1 rings (SSSR count). The Hall–Kier alpha value is -1.91. The molecule has 2 N–H and O–H groups in total. The molecule has 0 aromatic carbocycles. The van der Waals surface area contributed by atoms with Gasteiger partial charge < -0.3 is 10.5 Å². The second-order valence-corrected chi connectivity index (χ2v) is 2.90. The van der Waals surface area contributed by atoms with E-state index < -0.39 is 5.97 Å². The van der Waals surface area contributed by atoms with Crippen molar-refractivity contribution in [1.82, 2.24) is 4.98 Å². The van der Waals surface area contributed by atoms with Crippen LogP contribution in [0.15, 0.2) is 12.4 Å². The van der Waals surface area contributed by atoms with E-state index in [9.17, 15) is 9.59 Å². The van der Waals surface area contributed by atoms with Crippen LogP contribution >= 0.6 is 0 Å². The molecule has 0 aliphatic heterocycles. The summed E-state index contributed by atoms with van der Waals surface area (Å²) in [5, 5.41) is 0. The minimum absolute atomic E-state index is 0.0138. The molecular formula is C10H12N2O3. The number of anilines is 1. The molecule has 0 radical (unpaired) electrons. The van der Waals surface area contributed by atoms with Crippen LogP contribution in [0, 0.1) is 0 Å². The van der Waals surface area contributed by atoms with Gasteiger partial charge in [0.15, 0.2) is 6.29 Å². The Bertz CT molecular complexity index is 377. The van der Waals surface area contributed by atoms with Gasteiger partial charge in [0, 0.05) is 11.8 Å². The van der Waals surface area contributed by atoms with Crippen LogP contribution < -0.4 is 5.73 Å². The van der Waals surface area contributed by atoms with E-state index in [0.717, 1.165) is 0 Å². The lowest BCUT2D eigenvalue weighted by Gasteiger charge is -2.05. The average Bonchev–Trinajstić information content (AvgIpc) is 2.18. The predicted octanol–water partition coefficient (Wildman–Crippen LogP) is 0.582. The van der Waals surface area contributed by atoms with Gasteiger partial charge in [0.05, 0.1) is 24.9 Å². The number of nitrogen functional groups attached to an aromatic ring is 1. The Morgan fingerprint density at radius 3 is 2.93 bits per heavy atom. The van der Waals surface area contributed by atoms with E-state index in [1.165, 1.54) is 12.4 Å². The number of esters is 1. The van der Waals surface area contributed by atoms with Crippen molar-refractivity contribution >= 4 is 17.9 Å². The SMILES string of the molecule is CCOC(=O)Cc1cncc(N)c1C=O. The van der Waals surface area contributed by atoms with Crippen molar-refractivity contribution in [3.05, 3.63) is 23.5 Å². The van der Waals surface area contributed by atoms with Gasteiger partial charge in [-0.2, -0.15) is 0 Å². The summed E-state index contributed by atoms with van der Waals surface area (Å²) < 4.78 is 4.76. The van der Waals surface area contributed by atoms with Gasteiger partial charge >= 0.3 is 5.97 Å². The van der Waals surface area contributed by atoms with E-state index >= 15 is 0 Å².